The van der Waals surface area contributed by atoms with Gasteiger partial charge in [-0.3, -0.25) is 0 Å². The van der Waals surface area contributed by atoms with Crippen molar-refractivity contribution >= 4 is 22.5 Å². The van der Waals surface area contributed by atoms with Crippen LogP contribution in [-0.2, 0) is 0 Å². The Morgan fingerprint density at radius 1 is 1.16 bits per heavy atom. The van der Waals surface area contributed by atoms with Crippen LogP contribution < -0.4 is 4.74 Å². The Bertz CT molecular complexity index is 695. The molecule has 0 saturated carbocycles. The molecule has 3 heterocycles. The number of thiophene rings is 1. The Labute approximate surface area is 115 Å². The Hall–Kier alpha value is -2.01. The zero-order chi connectivity index (χ0) is 13.2. The van der Waals surface area contributed by atoms with Gasteiger partial charge in [-0.15, -0.1) is 11.3 Å². The van der Waals surface area contributed by atoms with E-state index in [1.165, 1.54) is 0 Å². The lowest BCUT2D eigenvalue weighted by atomic mass is 10.3. The summed E-state index contributed by atoms with van der Waals surface area (Å²) in [5.74, 6) is 0.545. The highest BCUT2D eigenvalue weighted by atomic mass is 32.1. The molecule has 96 valence electrons. The molecule has 0 aromatic carbocycles. The van der Waals surface area contributed by atoms with Gasteiger partial charge in [-0.2, -0.15) is 4.98 Å². The van der Waals surface area contributed by atoms with Crippen molar-refractivity contribution in [3.8, 4) is 16.5 Å². The highest BCUT2D eigenvalue weighted by molar-refractivity contribution is 7.13. The molecule has 0 radical (unpaired) electrons. The van der Waals surface area contributed by atoms with Crippen LogP contribution in [-0.4, -0.2) is 21.1 Å². The fourth-order valence-corrected chi connectivity index (χ4v) is 2.46. The maximum Gasteiger partial charge on any atom is 0.243 e. The third-order valence-corrected chi connectivity index (χ3v) is 3.39. The fourth-order valence-electron chi connectivity index (χ4n) is 1.76. The summed E-state index contributed by atoms with van der Waals surface area (Å²) in [6, 6.07) is 7.78. The summed E-state index contributed by atoms with van der Waals surface area (Å²) in [5, 5.41) is 2.02. The average Bonchev–Trinajstić information content (AvgIpc) is 2.91. The molecule has 0 N–H and O–H groups in total. The summed E-state index contributed by atoms with van der Waals surface area (Å²) in [6.45, 7) is 3.95. The molecule has 0 atom stereocenters. The normalized spacial score (nSPS) is 11.1. The molecule has 3 aromatic rings. The number of nitrogens with zero attached hydrogens (tertiary/aromatic N) is 3. The number of aromatic nitrogens is 3. The largest absolute Gasteiger partial charge is 0.473 e. The Morgan fingerprint density at radius 2 is 2.05 bits per heavy atom. The molecule has 0 aliphatic heterocycles. The number of ether oxygens (including phenoxy) is 1. The van der Waals surface area contributed by atoms with Gasteiger partial charge in [-0.05, 0) is 37.4 Å². The predicted molar refractivity (Wildman–Crippen MR) is 76.4 cm³/mol. The Kier molecular flexibility index (Phi) is 3.13. The van der Waals surface area contributed by atoms with Gasteiger partial charge in [0.1, 0.15) is 11.2 Å². The summed E-state index contributed by atoms with van der Waals surface area (Å²) < 4.78 is 5.77. The standard InChI is InChI=1S/C14H13N3OS/c1-9(2)18-14-12(11-6-4-8-19-11)16-10-5-3-7-15-13(10)17-14/h3-9H,1-2H3. The van der Waals surface area contributed by atoms with Crippen LogP contribution in [0.25, 0.3) is 21.7 Å². The van der Waals surface area contributed by atoms with Crippen molar-refractivity contribution in [2.75, 3.05) is 0 Å². The van der Waals surface area contributed by atoms with E-state index in [0.717, 1.165) is 16.1 Å². The van der Waals surface area contributed by atoms with Crippen LogP contribution in [0.15, 0.2) is 35.8 Å². The molecule has 0 fully saturated rings. The van der Waals surface area contributed by atoms with Crippen molar-refractivity contribution in [3.05, 3.63) is 35.8 Å². The average molecular weight is 271 g/mol. The second-order valence-electron chi connectivity index (χ2n) is 4.37. The Balaban J connectivity index is 2.21. The molecule has 19 heavy (non-hydrogen) atoms. The van der Waals surface area contributed by atoms with Crippen molar-refractivity contribution in [1.82, 2.24) is 15.0 Å². The van der Waals surface area contributed by atoms with Gasteiger partial charge >= 0.3 is 0 Å². The molecule has 3 aromatic heterocycles. The molecule has 0 aliphatic carbocycles. The van der Waals surface area contributed by atoms with Crippen LogP contribution in [0, 0.1) is 0 Å². The zero-order valence-corrected chi connectivity index (χ0v) is 11.5. The van der Waals surface area contributed by atoms with Gasteiger partial charge in [0.05, 0.1) is 11.0 Å². The van der Waals surface area contributed by atoms with Gasteiger partial charge in [0.25, 0.3) is 0 Å². The third-order valence-electron chi connectivity index (χ3n) is 2.51. The topological polar surface area (TPSA) is 47.9 Å². The van der Waals surface area contributed by atoms with E-state index in [2.05, 4.69) is 15.0 Å². The smallest absolute Gasteiger partial charge is 0.243 e. The van der Waals surface area contributed by atoms with E-state index in [9.17, 15) is 0 Å². The maximum absolute atomic E-state index is 5.77. The first-order valence-corrected chi connectivity index (χ1v) is 6.95. The fraction of sp³-hybridized carbons (Fsp3) is 0.214. The lowest BCUT2D eigenvalue weighted by Crippen LogP contribution is -2.09. The second kappa shape index (κ2) is 4.93. The van der Waals surface area contributed by atoms with E-state index >= 15 is 0 Å². The van der Waals surface area contributed by atoms with Crippen molar-refractivity contribution in [1.29, 1.82) is 0 Å². The van der Waals surface area contributed by atoms with E-state index in [-0.39, 0.29) is 6.10 Å². The summed E-state index contributed by atoms with van der Waals surface area (Å²) in [6.07, 6.45) is 1.76. The monoisotopic (exact) mass is 271 g/mol. The first kappa shape index (κ1) is 12.0. The molecule has 5 heteroatoms. The van der Waals surface area contributed by atoms with Crippen molar-refractivity contribution < 1.29 is 4.74 Å². The molecular formula is C14H13N3OS. The minimum Gasteiger partial charge on any atom is -0.473 e. The summed E-state index contributed by atoms with van der Waals surface area (Å²) >= 11 is 1.62. The van der Waals surface area contributed by atoms with Gasteiger partial charge in [0, 0.05) is 6.20 Å². The molecule has 0 amide bonds. The first-order valence-electron chi connectivity index (χ1n) is 6.07. The molecule has 0 spiro atoms. The number of pyridine rings is 1. The van der Waals surface area contributed by atoms with Gasteiger partial charge in [-0.1, -0.05) is 6.07 Å². The van der Waals surface area contributed by atoms with Crippen LogP contribution in [0.3, 0.4) is 0 Å². The Morgan fingerprint density at radius 3 is 2.79 bits per heavy atom. The maximum atomic E-state index is 5.77. The molecule has 4 nitrogen and oxygen atoms in total. The van der Waals surface area contributed by atoms with Gasteiger partial charge in [0.15, 0.2) is 5.65 Å². The molecule has 3 rings (SSSR count). The van der Waals surface area contributed by atoms with Crippen molar-refractivity contribution in [2.45, 2.75) is 20.0 Å². The molecule has 0 unspecified atom stereocenters. The molecular weight excluding hydrogens is 258 g/mol. The lowest BCUT2D eigenvalue weighted by molar-refractivity contribution is 0.234. The number of hydrogen-bond acceptors (Lipinski definition) is 5. The van der Waals surface area contributed by atoms with Crippen LogP contribution in [0.1, 0.15) is 13.8 Å². The van der Waals surface area contributed by atoms with Crippen LogP contribution in [0.2, 0.25) is 0 Å². The van der Waals surface area contributed by atoms with E-state index in [4.69, 9.17) is 4.74 Å². The van der Waals surface area contributed by atoms with E-state index < -0.39 is 0 Å². The van der Waals surface area contributed by atoms with Crippen LogP contribution in [0.5, 0.6) is 5.88 Å². The highest BCUT2D eigenvalue weighted by Gasteiger charge is 2.14. The van der Waals surface area contributed by atoms with E-state index in [1.54, 1.807) is 17.5 Å². The van der Waals surface area contributed by atoms with Gasteiger partial charge in [0.2, 0.25) is 5.88 Å². The number of fused-ring (bicyclic) bond motifs is 1. The quantitative estimate of drug-likeness (QED) is 0.731. The summed E-state index contributed by atoms with van der Waals surface area (Å²) in [7, 11) is 0. The molecule has 0 aliphatic rings. The number of hydrogen-bond donors (Lipinski definition) is 0. The SMILES string of the molecule is CC(C)Oc1nc2ncccc2nc1-c1cccs1. The second-order valence-corrected chi connectivity index (χ2v) is 5.32. The predicted octanol–water partition coefficient (Wildman–Crippen LogP) is 3.54. The third kappa shape index (κ3) is 2.42. The molecule has 0 bridgehead atoms. The lowest BCUT2D eigenvalue weighted by Gasteiger charge is -2.12. The van der Waals surface area contributed by atoms with Crippen LogP contribution >= 0.6 is 11.3 Å². The van der Waals surface area contributed by atoms with Gasteiger partial charge in [-0.25, -0.2) is 9.97 Å². The summed E-state index contributed by atoms with van der Waals surface area (Å²) in [5.41, 5.74) is 2.17. The number of rotatable bonds is 3. The van der Waals surface area contributed by atoms with Crippen LogP contribution in [0.4, 0.5) is 0 Å². The van der Waals surface area contributed by atoms with E-state index in [0.29, 0.717) is 11.5 Å². The van der Waals surface area contributed by atoms with Crippen molar-refractivity contribution in [3.63, 3.8) is 0 Å². The summed E-state index contributed by atoms with van der Waals surface area (Å²) in [4.78, 5) is 14.4. The van der Waals surface area contributed by atoms with E-state index in [1.807, 2.05) is 43.5 Å². The van der Waals surface area contributed by atoms with Gasteiger partial charge < -0.3 is 4.74 Å². The first-order chi connectivity index (χ1) is 9.24. The minimum absolute atomic E-state index is 0.0502. The van der Waals surface area contributed by atoms with Crippen molar-refractivity contribution in [2.24, 2.45) is 0 Å². The zero-order valence-electron chi connectivity index (χ0n) is 10.7. The molecule has 0 saturated heterocycles. The highest BCUT2D eigenvalue weighted by Crippen LogP contribution is 2.31. The minimum atomic E-state index is 0.0502.